The number of nitrogens with one attached hydrogen (secondary N) is 1. The van der Waals surface area contributed by atoms with Gasteiger partial charge in [-0.2, -0.15) is 0 Å². The number of unbranched alkanes of at least 4 members (excludes halogenated alkanes) is 2. The van der Waals surface area contributed by atoms with Gasteiger partial charge in [0, 0.05) is 13.0 Å². The number of aryl methyl sites for hydroxylation is 1. The zero-order chi connectivity index (χ0) is 11.8. The van der Waals surface area contributed by atoms with Crippen molar-refractivity contribution in [3.8, 4) is 0 Å². The second kappa shape index (κ2) is 7.04. The molecule has 0 bridgehead atoms. The van der Waals surface area contributed by atoms with E-state index in [1.807, 2.05) is 12.1 Å². The van der Waals surface area contributed by atoms with Crippen molar-refractivity contribution in [2.24, 2.45) is 0 Å². The van der Waals surface area contributed by atoms with Gasteiger partial charge in [0.1, 0.15) is 0 Å². The first-order valence-corrected chi connectivity index (χ1v) is 6.05. The average molecular weight is 219 g/mol. The van der Waals surface area contributed by atoms with Gasteiger partial charge in [-0.1, -0.05) is 44.0 Å². The molecule has 1 amide bonds. The summed E-state index contributed by atoms with van der Waals surface area (Å²) >= 11 is 0. The molecule has 0 atom stereocenters. The molecule has 1 rings (SSSR count). The van der Waals surface area contributed by atoms with Crippen molar-refractivity contribution < 1.29 is 4.79 Å². The van der Waals surface area contributed by atoms with Gasteiger partial charge in [-0.05, 0) is 24.5 Å². The summed E-state index contributed by atoms with van der Waals surface area (Å²) < 4.78 is 0. The molecule has 0 unspecified atom stereocenters. The number of carbonyl (C=O) groups excluding carboxylic acids is 1. The summed E-state index contributed by atoms with van der Waals surface area (Å²) in [5.74, 6) is 0.164. The van der Waals surface area contributed by atoms with Gasteiger partial charge in [0.15, 0.2) is 0 Å². The minimum absolute atomic E-state index is 0.164. The van der Waals surface area contributed by atoms with Crippen molar-refractivity contribution in [3.05, 3.63) is 35.4 Å². The smallest absolute Gasteiger partial charge is 0.220 e. The molecule has 0 fully saturated rings. The van der Waals surface area contributed by atoms with Crippen LogP contribution in [0.25, 0.3) is 0 Å². The Morgan fingerprint density at radius 1 is 1.25 bits per heavy atom. The van der Waals surface area contributed by atoms with E-state index in [4.69, 9.17) is 0 Å². The zero-order valence-corrected chi connectivity index (χ0v) is 10.3. The fourth-order valence-corrected chi connectivity index (χ4v) is 1.63. The Hall–Kier alpha value is -1.31. The van der Waals surface area contributed by atoms with Gasteiger partial charge in [0.25, 0.3) is 0 Å². The summed E-state index contributed by atoms with van der Waals surface area (Å²) in [7, 11) is 0. The van der Waals surface area contributed by atoms with Gasteiger partial charge < -0.3 is 5.32 Å². The van der Waals surface area contributed by atoms with Crippen LogP contribution in [0.5, 0.6) is 0 Å². The molecule has 0 heterocycles. The first kappa shape index (κ1) is 12.8. The Balaban J connectivity index is 2.29. The minimum Gasteiger partial charge on any atom is -0.352 e. The van der Waals surface area contributed by atoms with E-state index in [0.717, 1.165) is 19.3 Å². The van der Waals surface area contributed by atoms with Crippen LogP contribution in [-0.4, -0.2) is 5.91 Å². The summed E-state index contributed by atoms with van der Waals surface area (Å²) in [6, 6.07) is 8.15. The summed E-state index contributed by atoms with van der Waals surface area (Å²) in [4.78, 5) is 11.5. The van der Waals surface area contributed by atoms with Crippen LogP contribution in [0.15, 0.2) is 24.3 Å². The Bertz CT molecular complexity index is 333. The Morgan fingerprint density at radius 2 is 2.00 bits per heavy atom. The molecule has 1 N–H and O–H groups in total. The maximum Gasteiger partial charge on any atom is 0.220 e. The first-order valence-electron chi connectivity index (χ1n) is 6.05. The van der Waals surface area contributed by atoms with Crippen LogP contribution >= 0.6 is 0 Å². The second-order valence-corrected chi connectivity index (χ2v) is 4.16. The lowest BCUT2D eigenvalue weighted by Crippen LogP contribution is -2.22. The standard InChI is InChI=1S/C14H21NO/c1-3-4-5-10-14(16)15-11-13-9-7-6-8-12(13)2/h6-9H,3-5,10-11H2,1-2H3,(H,15,16). The van der Waals surface area contributed by atoms with Crippen molar-refractivity contribution in [1.29, 1.82) is 0 Å². The Labute approximate surface area is 98.1 Å². The van der Waals surface area contributed by atoms with E-state index in [-0.39, 0.29) is 5.91 Å². The number of hydrogen-bond acceptors (Lipinski definition) is 1. The molecule has 0 saturated carbocycles. The minimum atomic E-state index is 0.164. The molecule has 0 aliphatic rings. The third-order valence-electron chi connectivity index (χ3n) is 2.74. The molecular formula is C14H21NO. The highest BCUT2D eigenvalue weighted by Gasteiger charge is 2.01. The van der Waals surface area contributed by atoms with E-state index in [9.17, 15) is 4.79 Å². The number of hydrogen-bond donors (Lipinski definition) is 1. The van der Waals surface area contributed by atoms with E-state index in [2.05, 4.69) is 31.3 Å². The predicted molar refractivity (Wildman–Crippen MR) is 67.2 cm³/mol. The molecule has 1 aromatic rings. The van der Waals surface area contributed by atoms with Crippen molar-refractivity contribution in [2.45, 2.75) is 46.1 Å². The SMILES string of the molecule is CCCCCC(=O)NCc1ccccc1C. The van der Waals surface area contributed by atoms with Crippen LogP contribution in [0, 0.1) is 6.92 Å². The normalized spacial score (nSPS) is 10.1. The third-order valence-corrected chi connectivity index (χ3v) is 2.74. The molecule has 0 saturated heterocycles. The highest BCUT2D eigenvalue weighted by atomic mass is 16.1. The molecule has 2 nitrogen and oxygen atoms in total. The summed E-state index contributed by atoms with van der Waals surface area (Å²) in [6.07, 6.45) is 3.94. The van der Waals surface area contributed by atoms with E-state index in [1.54, 1.807) is 0 Å². The number of amides is 1. The molecule has 0 aliphatic carbocycles. The second-order valence-electron chi connectivity index (χ2n) is 4.16. The van der Waals surface area contributed by atoms with Gasteiger partial charge >= 0.3 is 0 Å². The van der Waals surface area contributed by atoms with Gasteiger partial charge in [-0.3, -0.25) is 4.79 Å². The van der Waals surface area contributed by atoms with Gasteiger partial charge in [-0.15, -0.1) is 0 Å². The number of rotatable bonds is 6. The molecular weight excluding hydrogens is 198 g/mol. The van der Waals surface area contributed by atoms with E-state index in [0.29, 0.717) is 13.0 Å². The monoisotopic (exact) mass is 219 g/mol. The molecule has 0 radical (unpaired) electrons. The molecule has 0 aliphatic heterocycles. The summed E-state index contributed by atoms with van der Waals surface area (Å²) in [5.41, 5.74) is 2.43. The lowest BCUT2D eigenvalue weighted by molar-refractivity contribution is -0.121. The molecule has 16 heavy (non-hydrogen) atoms. The van der Waals surface area contributed by atoms with Crippen molar-refractivity contribution >= 4 is 5.91 Å². The van der Waals surface area contributed by atoms with E-state index < -0.39 is 0 Å². The van der Waals surface area contributed by atoms with Gasteiger partial charge in [-0.25, -0.2) is 0 Å². The van der Waals surface area contributed by atoms with E-state index in [1.165, 1.54) is 11.1 Å². The molecule has 1 aromatic carbocycles. The third kappa shape index (κ3) is 4.47. The first-order chi connectivity index (χ1) is 7.74. The van der Waals surface area contributed by atoms with Gasteiger partial charge in [0.2, 0.25) is 5.91 Å². The zero-order valence-electron chi connectivity index (χ0n) is 10.3. The largest absolute Gasteiger partial charge is 0.352 e. The van der Waals surface area contributed by atoms with Crippen LogP contribution in [0.2, 0.25) is 0 Å². The molecule has 88 valence electrons. The molecule has 0 spiro atoms. The van der Waals surface area contributed by atoms with Crippen molar-refractivity contribution in [2.75, 3.05) is 0 Å². The summed E-state index contributed by atoms with van der Waals surface area (Å²) in [5, 5.41) is 2.96. The van der Waals surface area contributed by atoms with Crippen molar-refractivity contribution in [3.63, 3.8) is 0 Å². The molecule has 0 aromatic heterocycles. The lowest BCUT2D eigenvalue weighted by Gasteiger charge is -2.07. The fraction of sp³-hybridized carbons (Fsp3) is 0.500. The predicted octanol–water partition coefficient (Wildman–Crippen LogP) is 3.19. The maximum atomic E-state index is 11.5. The fourth-order valence-electron chi connectivity index (χ4n) is 1.63. The lowest BCUT2D eigenvalue weighted by atomic mass is 10.1. The van der Waals surface area contributed by atoms with E-state index >= 15 is 0 Å². The quantitative estimate of drug-likeness (QED) is 0.731. The Kier molecular flexibility index (Phi) is 5.62. The Morgan fingerprint density at radius 3 is 2.69 bits per heavy atom. The topological polar surface area (TPSA) is 29.1 Å². The maximum absolute atomic E-state index is 11.5. The van der Waals surface area contributed by atoms with Crippen LogP contribution in [0.1, 0.15) is 43.7 Å². The number of carbonyl (C=O) groups is 1. The van der Waals surface area contributed by atoms with Crippen molar-refractivity contribution in [1.82, 2.24) is 5.32 Å². The van der Waals surface area contributed by atoms with Crippen LogP contribution in [-0.2, 0) is 11.3 Å². The van der Waals surface area contributed by atoms with Crippen LogP contribution < -0.4 is 5.32 Å². The highest BCUT2D eigenvalue weighted by molar-refractivity contribution is 5.75. The number of benzene rings is 1. The summed E-state index contributed by atoms with van der Waals surface area (Å²) in [6.45, 7) is 4.86. The average Bonchev–Trinajstić information content (AvgIpc) is 2.28. The van der Waals surface area contributed by atoms with Crippen LogP contribution in [0.4, 0.5) is 0 Å². The van der Waals surface area contributed by atoms with Gasteiger partial charge in [0.05, 0.1) is 0 Å². The molecule has 2 heteroatoms. The highest BCUT2D eigenvalue weighted by Crippen LogP contribution is 2.06. The van der Waals surface area contributed by atoms with Crippen LogP contribution in [0.3, 0.4) is 0 Å².